The number of hydrogen-bond donors (Lipinski definition) is 1. The maximum absolute atomic E-state index is 10.3. The third kappa shape index (κ3) is 3.75. The Labute approximate surface area is 139 Å². The van der Waals surface area contributed by atoms with Gasteiger partial charge in [0.05, 0.1) is 17.5 Å². The molecule has 0 aliphatic carbocycles. The Bertz CT molecular complexity index is 641. The highest BCUT2D eigenvalue weighted by Crippen LogP contribution is 2.26. The van der Waals surface area contributed by atoms with Crippen molar-refractivity contribution in [2.75, 3.05) is 13.1 Å². The van der Waals surface area contributed by atoms with Gasteiger partial charge in [0, 0.05) is 12.7 Å². The first-order chi connectivity index (χ1) is 11.0. The lowest BCUT2D eigenvalue weighted by Crippen LogP contribution is -2.38. The Balaban J connectivity index is 1.61. The number of piperidine rings is 1. The van der Waals surface area contributed by atoms with Crippen molar-refractivity contribution in [3.8, 4) is 0 Å². The summed E-state index contributed by atoms with van der Waals surface area (Å²) >= 11 is 0. The molecule has 1 aliphatic rings. The van der Waals surface area contributed by atoms with Gasteiger partial charge >= 0.3 is 0 Å². The van der Waals surface area contributed by atoms with Gasteiger partial charge in [0.25, 0.3) is 0 Å². The van der Waals surface area contributed by atoms with E-state index in [4.69, 9.17) is 0 Å². The summed E-state index contributed by atoms with van der Waals surface area (Å²) in [6.45, 7) is 9.56. The van der Waals surface area contributed by atoms with Gasteiger partial charge < -0.3 is 9.51 Å². The van der Waals surface area contributed by atoms with Crippen molar-refractivity contribution >= 4 is 5.65 Å². The summed E-state index contributed by atoms with van der Waals surface area (Å²) in [5, 5.41) is 10.3. The van der Waals surface area contributed by atoms with Gasteiger partial charge in [-0.1, -0.05) is 19.9 Å². The molecule has 2 aromatic heterocycles. The lowest BCUT2D eigenvalue weighted by atomic mass is 9.87. The minimum atomic E-state index is -0.130. The highest BCUT2D eigenvalue weighted by Gasteiger charge is 2.26. The smallest absolute Gasteiger partial charge is 0.137 e. The van der Waals surface area contributed by atoms with E-state index >= 15 is 0 Å². The molecule has 0 saturated carbocycles. The van der Waals surface area contributed by atoms with E-state index in [1.54, 1.807) is 0 Å². The first-order valence-corrected chi connectivity index (χ1v) is 8.87. The second kappa shape index (κ2) is 7.02. The van der Waals surface area contributed by atoms with E-state index in [0.29, 0.717) is 11.8 Å². The molecule has 4 heteroatoms. The minimum absolute atomic E-state index is 0.130. The fourth-order valence-electron chi connectivity index (χ4n) is 3.74. The van der Waals surface area contributed by atoms with E-state index in [1.165, 1.54) is 5.69 Å². The van der Waals surface area contributed by atoms with Crippen LogP contribution in [0.1, 0.15) is 44.5 Å². The van der Waals surface area contributed by atoms with Crippen LogP contribution >= 0.6 is 0 Å². The number of hydrogen-bond acceptors (Lipinski definition) is 3. The van der Waals surface area contributed by atoms with E-state index < -0.39 is 0 Å². The molecule has 1 atom stereocenters. The van der Waals surface area contributed by atoms with E-state index in [2.05, 4.69) is 53.4 Å². The van der Waals surface area contributed by atoms with Crippen LogP contribution in [0.25, 0.3) is 5.65 Å². The van der Waals surface area contributed by atoms with E-state index in [0.717, 1.165) is 50.2 Å². The van der Waals surface area contributed by atoms with Gasteiger partial charge in [-0.05, 0) is 63.2 Å². The van der Waals surface area contributed by atoms with Gasteiger partial charge in [-0.25, -0.2) is 4.98 Å². The monoisotopic (exact) mass is 315 g/mol. The molecular weight excluding hydrogens is 286 g/mol. The third-order valence-electron chi connectivity index (χ3n) is 5.09. The predicted octanol–water partition coefficient (Wildman–Crippen LogP) is 3.26. The largest absolute Gasteiger partial charge is 0.393 e. The average Bonchev–Trinajstić information content (AvgIpc) is 2.83. The maximum atomic E-state index is 10.3. The summed E-state index contributed by atoms with van der Waals surface area (Å²) in [4.78, 5) is 7.15. The van der Waals surface area contributed by atoms with Crippen LogP contribution in [-0.2, 0) is 6.54 Å². The molecule has 0 unspecified atom stereocenters. The third-order valence-corrected chi connectivity index (χ3v) is 5.09. The summed E-state index contributed by atoms with van der Waals surface area (Å²) in [6.07, 6.45) is 5.10. The maximum Gasteiger partial charge on any atom is 0.137 e. The first-order valence-electron chi connectivity index (χ1n) is 8.87. The average molecular weight is 315 g/mol. The molecule has 1 N–H and O–H groups in total. The van der Waals surface area contributed by atoms with Crippen molar-refractivity contribution in [2.45, 2.75) is 52.7 Å². The van der Waals surface area contributed by atoms with Crippen molar-refractivity contribution in [1.29, 1.82) is 0 Å². The van der Waals surface area contributed by atoms with Crippen LogP contribution in [0.15, 0.2) is 24.4 Å². The molecule has 1 aliphatic heterocycles. The van der Waals surface area contributed by atoms with Gasteiger partial charge in [0.2, 0.25) is 0 Å². The van der Waals surface area contributed by atoms with Crippen LogP contribution in [0, 0.1) is 18.8 Å². The van der Waals surface area contributed by atoms with E-state index in [9.17, 15) is 5.11 Å². The second-order valence-electron chi connectivity index (χ2n) is 7.38. The fraction of sp³-hybridized carbons (Fsp3) is 0.632. The molecule has 3 heterocycles. The number of aliphatic hydroxyl groups excluding tert-OH is 1. The number of likely N-dealkylation sites (tertiary alicyclic amines) is 1. The number of aromatic nitrogens is 2. The van der Waals surface area contributed by atoms with Crippen LogP contribution in [0.5, 0.6) is 0 Å². The number of pyridine rings is 1. The Morgan fingerprint density at radius 2 is 2.00 bits per heavy atom. The van der Waals surface area contributed by atoms with Gasteiger partial charge in [-0.2, -0.15) is 0 Å². The zero-order chi connectivity index (χ0) is 16.4. The predicted molar refractivity (Wildman–Crippen MR) is 93.4 cm³/mol. The van der Waals surface area contributed by atoms with Crippen LogP contribution in [0.3, 0.4) is 0 Å². The summed E-state index contributed by atoms with van der Waals surface area (Å²) in [6, 6.07) is 6.16. The van der Waals surface area contributed by atoms with Crippen LogP contribution in [-0.4, -0.2) is 38.6 Å². The lowest BCUT2D eigenvalue weighted by Gasteiger charge is -2.34. The zero-order valence-electron chi connectivity index (χ0n) is 14.6. The van der Waals surface area contributed by atoms with E-state index in [1.807, 2.05) is 6.07 Å². The molecular formula is C19H29N3O. The number of aliphatic hydroxyl groups is 1. The number of fused-ring (bicyclic) bond motifs is 1. The molecule has 1 fully saturated rings. The van der Waals surface area contributed by atoms with Crippen LogP contribution in [0.4, 0.5) is 0 Å². The summed E-state index contributed by atoms with van der Waals surface area (Å²) < 4.78 is 2.20. The molecule has 126 valence electrons. The molecule has 0 aromatic carbocycles. The van der Waals surface area contributed by atoms with E-state index in [-0.39, 0.29) is 6.10 Å². The van der Waals surface area contributed by atoms with Crippen molar-refractivity contribution in [2.24, 2.45) is 11.8 Å². The Morgan fingerprint density at radius 1 is 1.26 bits per heavy atom. The molecule has 23 heavy (non-hydrogen) atoms. The Morgan fingerprint density at radius 3 is 2.70 bits per heavy atom. The molecule has 0 radical (unpaired) electrons. The molecule has 4 nitrogen and oxygen atoms in total. The minimum Gasteiger partial charge on any atom is -0.393 e. The summed E-state index contributed by atoms with van der Waals surface area (Å²) in [5.41, 5.74) is 3.45. The number of rotatable bonds is 5. The molecule has 0 bridgehead atoms. The summed E-state index contributed by atoms with van der Waals surface area (Å²) in [5.74, 6) is 1.04. The van der Waals surface area contributed by atoms with Crippen LogP contribution in [0.2, 0.25) is 0 Å². The Hall–Kier alpha value is -1.39. The Kier molecular flexibility index (Phi) is 5.02. The normalized spacial score (nSPS) is 18.8. The standard InChI is InChI=1S/C19H29N3O/c1-14(2)12-18(23)16-7-10-21(11-8-16)13-17-15(3)20-19-6-4-5-9-22(17)19/h4-6,9,14,16,18,23H,7-8,10-13H2,1-3H3/t18-/m0/s1. The fourth-order valence-corrected chi connectivity index (χ4v) is 3.74. The van der Waals surface area contributed by atoms with Gasteiger partial charge in [-0.3, -0.25) is 4.90 Å². The zero-order valence-corrected chi connectivity index (χ0v) is 14.6. The van der Waals surface area contributed by atoms with Gasteiger partial charge in [-0.15, -0.1) is 0 Å². The molecule has 0 amide bonds. The lowest BCUT2D eigenvalue weighted by molar-refractivity contribution is 0.0433. The van der Waals surface area contributed by atoms with Gasteiger partial charge in [0.15, 0.2) is 0 Å². The van der Waals surface area contributed by atoms with Crippen molar-refractivity contribution in [3.05, 3.63) is 35.8 Å². The second-order valence-corrected chi connectivity index (χ2v) is 7.38. The van der Waals surface area contributed by atoms with Gasteiger partial charge in [0.1, 0.15) is 5.65 Å². The molecule has 3 rings (SSSR count). The van der Waals surface area contributed by atoms with Crippen LogP contribution < -0.4 is 0 Å². The number of aryl methyl sites for hydroxylation is 1. The number of imidazole rings is 1. The highest BCUT2D eigenvalue weighted by atomic mass is 16.3. The topological polar surface area (TPSA) is 40.8 Å². The first kappa shape index (κ1) is 16.5. The van der Waals surface area contributed by atoms with Crippen molar-refractivity contribution < 1.29 is 5.11 Å². The van der Waals surface area contributed by atoms with Crippen molar-refractivity contribution in [3.63, 3.8) is 0 Å². The molecule has 1 saturated heterocycles. The molecule has 2 aromatic rings. The number of nitrogens with zero attached hydrogens (tertiary/aromatic N) is 3. The molecule has 0 spiro atoms. The summed E-state index contributed by atoms with van der Waals surface area (Å²) in [7, 11) is 0. The quantitative estimate of drug-likeness (QED) is 0.920. The van der Waals surface area contributed by atoms with Crippen molar-refractivity contribution in [1.82, 2.24) is 14.3 Å². The SMILES string of the molecule is Cc1nc2ccccn2c1CN1CCC([C@@H](O)CC(C)C)CC1. The highest BCUT2D eigenvalue weighted by molar-refractivity contribution is 5.42.